The Balaban J connectivity index is 2.15. The lowest BCUT2D eigenvalue weighted by molar-refractivity contribution is -0.150. The van der Waals surface area contributed by atoms with Gasteiger partial charge in [0.05, 0.1) is 13.2 Å². The second-order valence-electron chi connectivity index (χ2n) is 4.17. The van der Waals surface area contributed by atoms with E-state index in [9.17, 15) is 9.90 Å². The fraction of sp³-hybridized carbons (Fsp3) is 0.417. The number of phenolic OH excluding ortho intramolecular Hbond substituents is 1. The first-order valence-electron chi connectivity index (χ1n) is 5.60. The summed E-state index contributed by atoms with van der Waals surface area (Å²) in [6, 6.07) is 4.06. The van der Waals surface area contributed by atoms with Crippen molar-refractivity contribution in [3.63, 3.8) is 0 Å². The maximum absolute atomic E-state index is 11.1. The van der Waals surface area contributed by atoms with Crippen LogP contribution < -0.4 is 0 Å². The first-order chi connectivity index (χ1) is 8.58. The minimum Gasteiger partial charge on any atom is -0.508 e. The van der Waals surface area contributed by atoms with Crippen molar-refractivity contribution in [1.29, 1.82) is 0 Å². The van der Waals surface area contributed by atoms with Gasteiger partial charge in [-0.2, -0.15) is 0 Å². The van der Waals surface area contributed by atoms with Crippen molar-refractivity contribution in [2.45, 2.75) is 12.6 Å². The molecule has 0 spiro atoms. The molecule has 1 unspecified atom stereocenters. The number of aromatic hydroxyl groups is 1. The number of aliphatic carboxylic acids is 1. The molecule has 98 valence electrons. The molecule has 2 rings (SSSR count). The zero-order valence-electron chi connectivity index (χ0n) is 9.67. The van der Waals surface area contributed by atoms with E-state index in [-0.39, 0.29) is 12.4 Å². The molecule has 0 bridgehead atoms. The molecule has 0 radical (unpaired) electrons. The zero-order chi connectivity index (χ0) is 13.1. The number of hydrogen-bond acceptors (Lipinski definition) is 4. The van der Waals surface area contributed by atoms with Gasteiger partial charge in [-0.15, -0.1) is 0 Å². The summed E-state index contributed by atoms with van der Waals surface area (Å²) in [5.74, 6) is -0.800. The van der Waals surface area contributed by atoms with E-state index in [2.05, 4.69) is 0 Å². The van der Waals surface area contributed by atoms with Crippen LogP contribution >= 0.6 is 11.6 Å². The van der Waals surface area contributed by atoms with E-state index in [1.807, 2.05) is 0 Å². The Hall–Kier alpha value is -1.30. The predicted molar refractivity (Wildman–Crippen MR) is 65.8 cm³/mol. The third-order valence-electron chi connectivity index (χ3n) is 2.94. The highest BCUT2D eigenvalue weighted by molar-refractivity contribution is 6.30. The number of rotatable bonds is 3. The Morgan fingerprint density at radius 1 is 1.56 bits per heavy atom. The smallest absolute Gasteiger partial charge is 0.323 e. The molecule has 5 nitrogen and oxygen atoms in total. The third kappa shape index (κ3) is 2.93. The van der Waals surface area contributed by atoms with E-state index in [1.54, 1.807) is 17.0 Å². The van der Waals surface area contributed by atoms with Crippen molar-refractivity contribution in [1.82, 2.24) is 4.90 Å². The maximum atomic E-state index is 11.1. The molecule has 0 saturated carbocycles. The molecule has 0 amide bonds. The Morgan fingerprint density at radius 3 is 3.06 bits per heavy atom. The molecule has 1 atom stereocenters. The number of ether oxygens (including phenoxy) is 1. The summed E-state index contributed by atoms with van der Waals surface area (Å²) < 4.78 is 5.15. The van der Waals surface area contributed by atoms with Gasteiger partial charge in [-0.05, 0) is 18.2 Å². The van der Waals surface area contributed by atoms with Gasteiger partial charge >= 0.3 is 5.97 Å². The van der Waals surface area contributed by atoms with Gasteiger partial charge in [0.2, 0.25) is 0 Å². The van der Waals surface area contributed by atoms with Crippen LogP contribution in [-0.4, -0.2) is 46.9 Å². The number of halogens is 1. The number of morpholine rings is 1. The third-order valence-corrected chi connectivity index (χ3v) is 3.17. The topological polar surface area (TPSA) is 70.0 Å². The quantitative estimate of drug-likeness (QED) is 0.868. The number of nitrogens with zero attached hydrogens (tertiary/aromatic N) is 1. The van der Waals surface area contributed by atoms with Gasteiger partial charge in [-0.3, -0.25) is 9.69 Å². The van der Waals surface area contributed by atoms with Crippen LogP contribution in [-0.2, 0) is 16.1 Å². The molecule has 6 heteroatoms. The van der Waals surface area contributed by atoms with Gasteiger partial charge in [0.25, 0.3) is 0 Å². The fourth-order valence-corrected chi connectivity index (χ4v) is 2.15. The monoisotopic (exact) mass is 271 g/mol. The average Bonchev–Trinajstić information content (AvgIpc) is 2.34. The number of carboxylic acids is 1. The highest BCUT2D eigenvalue weighted by Gasteiger charge is 2.29. The van der Waals surface area contributed by atoms with Crippen molar-refractivity contribution in [3.8, 4) is 5.75 Å². The van der Waals surface area contributed by atoms with Gasteiger partial charge < -0.3 is 14.9 Å². The van der Waals surface area contributed by atoms with Gasteiger partial charge in [0.1, 0.15) is 11.8 Å². The molecule has 1 fully saturated rings. The van der Waals surface area contributed by atoms with E-state index in [0.717, 1.165) is 0 Å². The van der Waals surface area contributed by atoms with Gasteiger partial charge in [0.15, 0.2) is 0 Å². The fourth-order valence-electron chi connectivity index (χ4n) is 1.95. The van der Waals surface area contributed by atoms with E-state index in [0.29, 0.717) is 30.3 Å². The largest absolute Gasteiger partial charge is 0.508 e. The number of carbonyl (C=O) groups is 1. The highest BCUT2D eigenvalue weighted by Crippen LogP contribution is 2.24. The van der Waals surface area contributed by atoms with E-state index >= 15 is 0 Å². The van der Waals surface area contributed by atoms with Crippen LogP contribution in [0.4, 0.5) is 0 Å². The molecule has 1 heterocycles. The standard InChI is InChI=1S/C12H14ClNO4/c13-9-1-2-11(15)8(5-9)6-14-3-4-18-7-10(14)12(16)17/h1-2,5,10,15H,3-4,6-7H2,(H,16,17). The van der Waals surface area contributed by atoms with Crippen LogP contribution in [0.25, 0.3) is 0 Å². The zero-order valence-corrected chi connectivity index (χ0v) is 10.4. The summed E-state index contributed by atoms with van der Waals surface area (Å²) in [5.41, 5.74) is 0.621. The van der Waals surface area contributed by atoms with E-state index in [4.69, 9.17) is 21.4 Å². The summed E-state index contributed by atoms with van der Waals surface area (Å²) in [6.07, 6.45) is 0. The molecule has 0 aliphatic carbocycles. The Labute approximate surface area is 110 Å². The summed E-state index contributed by atoms with van der Waals surface area (Å²) in [6.45, 7) is 1.51. The minimum atomic E-state index is -0.920. The molecule has 1 aliphatic rings. The number of hydrogen-bond donors (Lipinski definition) is 2. The van der Waals surface area contributed by atoms with Crippen molar-refractivity contribution in [2.24, 2.45) is 0 Å². The predicted octanol–water partition coefficient (Wildman–Crippen LogP) is 1.33. The molecule has 0 aromatic heterocycles. The lowest BCUT2D eigenvalue weighted by atomic mass is 10.1. The van der Waals surface area contributed by atoms with E-state index in [1.165, 1.54) is 6.07 Å². The highest BCUT2D eigenvalue weighted by atomic mass is 35.5. The molecule has 18 heavy (non-hydrogen) atoms. The van der Waals surface area contributed by atoms with Crippen LogP contribution in [0.1, 0.15) is 5.56 Å². The summed E-state index contributed by atoms with van der Waals surface area (Å²) >= 11 is 5.86. The normalized spacial score (nSPS) is 20.8. The first kappa shape index (κ1) is 13.1. The van der Waals surface area contributed by atoms with Crippen LogP contribution in [0.2, 0.25) is 5.02 Å². The van der Waals surface area contributed by atoms with Gasteiger partial charge in [0, 0.05) is 23.7 Å². The molecular weight excluding hydrogens is 258 g/mol. The SMILES string of the molecule is O=C(O)C1COCCN1Cc1cc(Cl)ccc1O. The second kappa shape index (κ2) is 5.56. The molecule has 1 aliphatic heterocycles. The van der Waals surface area contributed by atoms with Crippen LogP contribution in [0.15, 0.2) is 18.2 Å². The van der Waals surface area contributed by atoms with Crippen LogP contribution in [0.5, 0.6) is 5.75 Å². The minimum absolute atomic E-state index is 0.120. The van der Waals surface area contributed by atoms with Crippen molar-refractivity contribution >= 4 is 17.6 Å². The van der Waals surface area contributed by atoms with Crippen LogP contribution in [0, 0.1) is 0 Å². The Kier molecular flexibility index (Phi) is 4.06. The molecule has 1 saturated heterocycles. The summed E-state index contributed by atoms with van der Waals surface area (Å²) in [4.78, 5) is 12.9. The van der Waals surface area contributed by atoms with Gasteiger partial charge in [-0.25, -0.2) is 0 Å². The van der Waals surface area contributed by atoms with Crippen molar-refractivity contribution in [2.75, 3.05) is 19.8 Å². The lowest BCUT2D eigenvalue weighted by Gasteiger charge is -2.32. The number of benzene rings is 1. The molecule has 1 aromatic carbocycles. The summed E-state index contributed by atoms with van der Waals surface area (Å²) in [5, 5.41) is 19.3. The van der Waals surface area contributed by atoms with Crippen molar-refractivity contribution < 1.29 is 19.7 Å². The molecular formula is C12H14ClNO4. The molecule has 2 N–H and O–H groups in total. The first-order valence-corrected chi connectivity index (χ1v) is 5.97. The lowest BCUT2D eigenvalue weighted by Crippen LogP contribution is -2.49. The number of carboxylic acid groups (broad SMARTS) is 1. The van der Waals surface area contributed by atoms with Gasteiger partial charge in [-0.1, -0.05) is 11.6 Å². The Morgan fingerprint density at radius 2 is 2.33 bits per heavy atom. The van der Waals surface area contributed by atoms with Crippen LogP contribution in [0.3, 0.4) is 0 Å². The number of phenols is 1. The van der Waals surface area contributed by atoms with Crippen molar-refractivity contribution in [3.05, 3.63) is 28.8 Å². The maximum Gasteiger partial charge on any atom is 0.323 e. The Bertz CT molecular complexity index is 452. The molecule has 1 aromatic rings. The average molecular weight is 272 g/mol. The van der Waals surface area contributed by atoms with E-state index < -0.39 is 12.0 Å². The summed E-state index contributed by atoms with van der Waals surface area (Å²) in [7, 11) is 0. The second-order valence-corrected chi connectivity index (χ2v) is 4.61.